The van der Waals surface area contributed by atoms with E-state index in [9.17, 15) is 4.39 Å². The molecule has 1 rings (SSSR count). The lowest BCUT2D eigenvalue weighted by atomic mass is 10.3. The van der Waals surface area contributed by atoms with Crippen LogP contribution in [0.1, 0.15) is 0 Å². The van der Waals surface area contributed by atoms with Crippen molar-refractivity contribution in [1.29, 1.82) is 0 Å². The number of benzene rings is 1. The highest BCUT2D eigenvalue weighted by atomic mass is 79.9. The van der Waals surface area contributed by atoms with Crippen molar-refractivity contribution >= 4 is 41.0 Å². The molecule has 4 heteroatoms. The van der Waals surface area contributed by atoms with Gasteiger partial charge in [0, 0.05) is 9.37 Å². The van der Waals surface area contributed by atoms with E-state index in [4.69, 9.17) is 0 Å². The summed E-state index contributed by atoms with van der Waals surface area (Å²) in [4.78, 5) is 0.741. The summed E-state index contributed by atoms with van der Waals surface area (Å²) in [6.07, 6.45) is 1.90. The van der Waals surface area contributed by atoms with Crippen LogP contribution < -0.4 is 5.19 Å². The predicted octanol–water partition coefficient (Wildman–Crippen LogP) is 3.86. The van der Waals surface area contributed by atoms with E-state index in [0.29, 0.717) is 0 Å². The van der Waals surface area contributed by atoms with Gasteiger partial charge in [0.2, 0.25) is 0 Å². The molecule has 1 aromatic carbocycles. The van der Waals surface area contributed by atoms with Crippen molar-refractivity contribution in [3.05, 3.63) is 22.4 Å². The highest BCUT2D eigenvalue weighted by Crippen LogP contribution is 2.24. The van der Waals surface area contributed by atoms with Gasteiger partial charge in [0.25, 0.3) is 0 Å². The first-order valence-corrected chi connectivity index (χ1v) is 9.92. The monoisotopic (exact) mass is 292 g/mol. The van der Waals surface area contributed by atoms with Crippen LogP contribution in [0.5, 0.6) is 0 Å². The maximum Gasteiger partial charge on any atom is 0.137 e. The van der Waals surface area contributed by atoms with Gasteiger partial charge in [-0.05, 0) is 23.6 Å². The third kappa shape index (κ3) is 2.41. The van der Waals surface area contributed by atoms with Crippen LogP contribution in [0.25, 0.3) is 0 Å². The normalized spacial score (nSPS) is 11.9. The maximum absolute atomic E-state index is 14.0. The molecule has 0 nitrogen and oxygen atoms in total. The average molecular weight is 293 g/mol. The molecule has 0 aliphatic carbocycles. The number of rotatable bonds is 2. The highest BCUT2D eigenvalue weighted by Gasteiger charge is 2.25. The Hall–Kier alpha value is 0.197. The molecule has 0 amide bonds. The molecule has 78 valence electrons. The van der Waals surface area contributed by atoms with Crippen molar-refractivity contribution in [2.45, 2.75) is 24.5 Å². The van der Waals surface area contributed by atoms with E-state index in [2.05, 4.69) is 35.6 Å². The van der Waals surface area contributed by atoms with Crippen molar-refractivity contribution in [3.63, 3.8) is 0 Å². The number of hydrogen-bond acceptors (Lipinski definition) is 1. The smallest absolute Gasteiger partial charge is 0.137 e. The molecule has 0 N–H and O–H groups in total. The predicted molar refractivity (Wildman–Crippen MR) is 68.9 cm³/mol. The van der Waals surface area contributed by atoms with Crippen LogP contribution in [-0.2, 0) is 0 Å². The molecule has 0 atom stereocenters. The second kappa shape index (κ2) is 4.37. The van der Waals surface area contributed by atoms with E-state index >= 15 is 0 Å². The van der Waals surface area contributed by atoms with Gasteiger partial charge in [0.15, 0.2) is 0 Å². The molecule has 14 heavy (non-hydrogen) atoms. The molecule has 1 aromatic rings. The summed E-state index contributed by atoms with van der Waals surface area (Å²) < 4.78 is 14.9. The van der Waals surface area contributed by atoms with Gasteiger partial charge in [-0.15, -0.1) is 11.8 Å². The van der Waals surface area contributed by atoms with Gasteiger partial charge in [-0.25, -0.2) is 4.39 Å². The van der Waals surface area contributed by atoms with Crippen molar-refractivity contribution in [2.75, 3.05) is 6.26 Å². The summed E-state index contributed by atoms with van der Waals surface area (Å²) >= 11 is 4.89. The van der Waals surface area contributed by atoms with E-state index < -0.39 is 8.07 Å². The summed E-state index contributed by atoms with van der Waals surface area (Å²) in [5, 5.41) is 0.893. The largest absolute Gasteiger partial charge is 0.206 e. The van der Waals surface area contributed by atoms with Crippen molar-refractivity contribution in [3.8, 4) is 0 Å². The second-order valence-corrected chi connectivity index (χ2v) is 10.9. The van der Waals surface area contributed by atoms with Gasteiger partial charge in [-0.2, -0.15) is 0 Å². The molecule has 0 fully saturated rings. The third-order valence-corrected chi connectivity index (χ3v) is 5.80. The van der Waals surface area contributed by atoms with Crippen molar-refractivity contribution in [2.24, 2.45) is 0 Å². The minimum Gasteiger partial charge on any atom is -0.206 e. The minimum absolute atomic E-state index is 0.0361. The quantitative estimate of drug-likeness (QED) is 0.589. The Morgan fingerprint density at radius 1 is 1.29 bits per heavy atom. The maximum atomic E-state index is 14.0. The van der Waals surface area contributed by atoms with Crippen LogP contribution >= 0.6 is 27.7 Å². The minimum atomic E-state index is -1.61. The van der Waals surface area contributed by atoms with E-state index in [1.807, 2.05) is 18.4 Å². The lowest BCUT2D eigenvalue weighted by molar-refractivity contribution is 0.609. The molecule has 0 heterocycles. The topological polar surface area (TPSA) is 0 Å². The molecular weight excluding hydrogens is 279 g/mol. The first-order chi connectivity index (χ1) is 6.38. The molecule has 0 aliphatic heterocycles. The molecule has 0 radical (unpaired) electrons. The van der Waals surface area contributed by atoms with E-state index in [1.165, 1.54) is 11.8 Å². The van der Waals surface area contributed by atoms with Gasteiger partial charge < -0.3 is 0 Å². The van der Waals surface area contributed by atoms with Gasteiger partial charge in [0.1, 0.15) is 5.82 Å². The summed E-state index contributed by atoms with van der Waals surface area (Å²) in [6.45, 7) is 6.46. The molecule has 0 aliphatic rings. The SMILES string of the molecule is CSc1ccc(Br)c([Si](C)(C)C)c1F. The van der Waals surface area contributed by atoms with Crippen LogP contribution in [0, 0.1) is 5.82 Å². The van der Waals surface area contributed by atoms with Gasteiger partial charge in [0.05, 0.1) is 8.07 Å². The van der Waals surface area contributed by atoms with Gasteiger partial charge in [-0.3, -0.25) is 0 Å². The van der Waals surface area contributed by atoms with Crippen LogP contribution in [0.3, 0.4) is 0 Å². The zero-order valence-electron chi connectivity index (χ0n) is 8.82. The summed E-state index contributed by atoms with van der Waals surface area (Å²) in [5.41, 5.74) is 0. The molecule has 0 saturated carbocycles. The lowest BCUT2D eigenvalue weighted by Gasteiger charge is -2.20. The van der Waals surface area contributed by atoms with Crippen LogP contribution in [0.4, 0.5) is 4.39 Å². The Kier molecular flexibility index (Phi) is 3.83. The fourth-order valence-electron chi connectivity index (χ4n) is 1.38. The molecular formula is C10H14BrFSSi. The zero-order valence-corrected chi connectivity index (χ0v) is 12.2. The Balaban J connectivity index is 3.40. The fraction of sp³-hybridized carbons (Fsp3) is 0.400. The van der Waals surface area contributed by atoms with Crippen LogP contribution in [0.2, 0.25) is 19.6 Å². The molecule has 0 spiro atoms. The first-order valence-electron chi connectivity index (χ1n) is 4.40. The summed E-state index contributed by atoms with van der Waals surface area (Å²) in [6, 6.07) is 3.77. The number of thioether (sulfide) groups is 1. The van der Waals surface area contributed by atoms with Crippen molar-refractivity contribution in [1.82, 2.24) is 0 Å². The number of halogens is 2. The third-order valence-electron chi connectivity index (χ3n) is 2.03. The van der Waals surface area contributed by atoms with E-state index in [-0.39, 0.29) is 5.82 Å². The molecule has 0 unspecified atom stereocenters. The van der Waals surface area contributed by atoms with Crippen molar-refractivity contribution < 1.29 is 4.39 Å². The summed E-state index contributed by atoms with van der Waals surface area (Å²) in [5.74, 6) is -0.0361. The second-order valence-electron chi connectivity index (χ2n) is 4.19. The van der Waals surface area contributed by atoms with E-state index in [1.54, 1.807) is 0 Å². The lowest BCUT2D eigenvalue weighted by Crippen LogP contribution is -2.41. The average Bonchev–Trinajstić information content (AvgIpc) is 2.02. The molecule has 0 saturated heterocycles. The Morgan fingerprint density at radius 2 is 1.86 bits per heavy atom. The number of hydrogen-bond donors (Lipinski definition) is 0. The van der Waals surface area contributed by atoms with Crippen LogP contribution in [-0.4, -0.2) is 14.3 Å². The molecule has 0 aromatic heterocycles. The van der Waals surface area contributed by atoms with Crippen LogP contribution in [0.15, 0.2) is 21.5 Å². The molecule has 0 bridgehead atoms. The Bertz CT molecular complexity index is 347. The fourth-order valence-corrected chi connectivity index (χ4v) is 5.64. The van der Waals surface area contributed by atoms with Gasteiger partial charge >= 0.3 is 0 Å². The standard InChI is InChI=1S/C10H14BrFSSi/c1-13-8-6-5-7(11)10(9(8)12)14(2,3)4/h5-6H,1-4H3. The zero-order chi connectivity index (χ0) is 10.9. The Morgan fingerprint density at radius 3 is 2.29 bits per heavy atom. The van der Waals surface area contributed by atoms with Gasteiger partial charge in [-0.1, -0.05) is 35.6 Å². The Labute approximate surface area is 98.4 Å². The first kappa shape index (κ1) is 12.3. The highest BCUT2D eigenvalue weighted by molar-refractivity contribution is 9.10. The summed E-state index contributed by atoms with van der Waals surface area (Å²) in [7, 11) is -1.61. The van der Waals surface area contributed by atoms with E-state index in [0.717, 1.165) is 14.6 Å².